The first kappa shape index (κ1) is 12.5. The monoisotopic (exact) mass is 212 g/mol. The Labute approximate surface area is 85.4 Å². The van der Waals surface area contributed by atoms with Crippen LogP contribution in [0.5, 0.6) is 0 Å². The van der Waals surface area contributed by atoms with Crippen LogP contribution >= 0.6 is 23.2 Å². The highest BCUT2D eigenvalue weighted by atomic mass is 35.5. The summed E-state index contributed by atoms with van der Waals surface area (Å²) >= 11 is 11.8. The van der Waals surface area contributed by atoms with Gasteiger partial charge in [0.15, 0.2) is 0 Å². The van der Waals surface area contributed by atoms with Gasteiger partial charge in [-0.1, -0.05) is 13.8 Å². The Balaban J connectivity index is 4.15. The van der Waals surface area contributed by atoms with Crippen LogP contribution in [0.2, 0.25) is 0 Å². The van der Waals surface area contributed by atoms with E-state index in [0.29, 0.717) is 17.7 Å². The summed E-state index contributed by atoms with van der Waals surface area (Å²) in [7, 11) is 1.70. The first-order valence-electron chi connectivity index (χ1n) is 4.24. The van der Waals surface area contributed by atoms with Crippen LogP contribution in [0.4, 0.5) is 0 Å². The molecule has 0 N–H and O–H groups in total. The lowest BCUT2D eigenvalue weighted by atomic mass is 9.78. The first-order valence-corrected chi connectivity index (χ1v) is 5.30. The molecular formula is C9H18Cl2O. The van der Waals surface area contributed by atoms with E-state index in [1.807, 2.05) is 0 Å². The molecule has 0 rings (SSSR count). The molecule has 0 radical (unpaired) electrons. The standard InChI is InChI=1S/C9H18Cl2O/c1-8(2)9(6-10,7-11)4-5-12-3/h8H,4-7H2,1-3H3. The Kier molecular flexibility index (Phi) is 6.34. The average molecular weight is 213 g/mol. The van der Waals surface area contributed by atoms with Crippen LogP contribution in [0.3, 0.4) is 0 Å². The molecule has 0 saturated carbocycles. The third kappa shape index (κ3) is 3.12. The number of halogens is 2. The molecule has 0 atom stereocenters. The summed E-state index contributed by atoms with van der Waals surface area (Å²) in [6, 6.07) is 0. The predicted molar refractivity (Wildman–Crippen MR) is 55.2 cm³/mol. The zero-order valence-corrected chi connectivity index (χ0v) is 9.58. The summed E-state index contributed by atoms with van der Waals surface area (Å²) in [5, 5.41) is 0. The fraction of sp³-hybridized carbons (Fsp3) is 1.00. The number of hydrogen-bond acceptors (Lipinski definition) is 1. The molecule has 74 valence electrons. The summed E-state index contributed by atoms with van der Waals surface area (Å²) in [4.78, 5) is 0. The largest absolute Gasteiger partial charge is 0.385 e. The zero-order chi connectivity index (χ0) is 9.61. The highest BCUT2D eigenvalue weighted by Crippen LogP contribution is 2.34. The van der Waals surface area contributed by atoms with Crippen molar-refractivity contribution >= 4 is 23.2 Å². The van der Waals surface area contributed by atoms with Crippen molar-refractivity contribution in [3.8, 4) is 0 Å². The van der Waals surface area contributed by atoms with Gasteiger partial charge in [0, 0.05) is 30.9 Å². The average Bonchev–Trinajstić information content (AvgIpc) is 2.07. The molecule has 0 unspecified atom stereocenters. The Hall–Kier alpha value is 0.540. The second-order valence-corrected chi connectivity index (χ2v) is 4.06. The number of alkyl halides is 2. The van der Waals surface area contributed by atoms with E-state index >= 15 is 0 Å². The molecule has 0 aliphatic carbocycles. The summed E-state index contributed by atoms with van der Waals surface area (Å²) < 4.78 is 5.03. The Morgan fingerprint density at radius 1 is 1.25 bits per heavy atom. The molecule has 1 nitrogen and oxygen atoms in total. The van der Waals surface area contributed by atoms with Crippen LogP contribution in [0.25, 0.3) is 0 Å². The normalized spacial score (nSPS) is 12.5. The molecule has 0 saturated heterocycles. The number of ether oxygens (including phenoxy) is 1. The fourth-order valence-electron chi connectivity index (χ4n) is 1.07. The van der Waals surface area contributed by atoms with Gasteiger partial charge in [-0.05, 0) is 12.3 Å². The molecule has 3 heteroatoms. The van der Waals surface area contributed by atoms with E-state index in [4.69, 9.17) is 27.9 Å². The van der Waals surface area contributed by atoms with Crippen molar-refractivity contribution < 1.29 is 4.74 Å². The maximum atomic E-state index is 5.92. The van der Waals surface area contributed by atoms with Crippen LogP contribution in [0, 0.1) is 11.3 Å². The Bertz CT molecular complexity index is 111. The van der Waals surface area contributed by atoms with Gasteiger partial charge in [-0.2, -0.15) is 0 Å². The zero-order valence-electron chi connectivity index (χ0n) is 8.07. The maximum absolute atomic E-state index is 5.92. The van der Waals surface area contributed by atoms with Gasteiger partial charge >= 0.3 is 0 Å². The SMILES string of the molecule is COCCC(CCl)(CCl)C(C)C. The summed E-state index contributed by atoms with van der Waals surface area (Å²) in [6.45, 7) is 5.04. The van der Waals surface area contributed by atoms with Gasteiger partial charge in [0.05, 0.1) is 0 Å². The smallest absolute Gasteiger partial charge is 0.0468 e. The molecule has 0 aliphatic heterocycles. The van der Waals surface area contributed by atoms with Crippen molar-refractivity contribution in [2.75, 3.05) is 25.5 Å². The predicted octanol–water partition coefficient (Wildman–Crippen LogP) is 3.14. The molecule has 0 aromatic carbocycles. The van der Waals surface area contributed by atoms with E-state index in [9.17, 15) is 0 Å². The van der Waals surface area contributed by atoms with E-state index in [0.717, 1.165) is 13.0 Å². The lowest BCUT2D eigenvalue weighted by Gasteiger charge is -2.33. The number of rotatable bonds is 6. The minimum Gasteiger partial charge on any atom is -0.385 e. The van der Waals surface area contributed by atoms with Gasteiger partial charge < -0.3 is 4.74 Å². The van der Waals surface area contributed by atoms with Crippen molar-refractivity contribution in [1.82, 2.24) is 0 Å². The van der Waals surface area contributed by atoms with Crippen LogP contribution in [-0.4, -0.2) is 25.5 Å². The lowest BCUT2D eigenvalue weighted by molar-refractivity contribution is 0.130. The summed E-state index contributed by atoms with van der Waals surface area (Å²) in [6.07, 6.45) is 0.939. The quantitative estimate of drug-likeness (QED) is 0.616. The van der Waals surface area contributed by atoms with E-state index in [1.165, 1.54) is 0 Å². The Morgan fingerprint density at radius 2 is 1.75 bits per heavy atom. The highest BCUT2D eigenvalue weighted by molar-refractivity contribution is 6.21. The highest BCUT2D eigenvalue weighted by Gasteiger charge is 2.31. The van der Waals surface area contributed by atoms with Crippen molar-refractivity contribution in [2.45, 2.75) is 20.3 Å². The molecular weight excluding hydrogens is 195 g/mol. The third-order valence-electron chi connectivity index (χ3n) is 2.56. The molecule has 0 aliphatic rings. The van der Waals surface area contributed by atoms with Crippen LogP contribution in [-0.2, 0) is 4.74 Å². The van der Waals surface area contributed by atoms with Crippen LogP contribution < -0.4 is 0 Å². The lowest BCUT2D eigenvalue weighted by Crippen LogP contribution is -2.32. The number of hydrogen-bond donors (Lipinski definition) is 0. The van der Waals surface area contributed by atoms with Gasteiger partial charge in [-0.3, -0.25) is 0 Å². The maximum Gasteiger partial charge on any atom is 0.0468 e. The molecule has 0 spiro atoms. The summed E-state index contributed by atoms with van der Waals surface area (Å²) in [5.41, 5.74) is 0.0408. The van der Waals surface area contributed by atoms with Gasteiger partial charge in [0.25, 0.3) is 0 Å². The van der Waals surface area contributed by atoms with Crippen molar-refractivity contribution in [3.05, 3.63) is 0 Å². The van der Waals surface area contributed by atoms with E-state index in [2.05, 4.69) is 13.8 Å². The van der Waals surface area contributed by atoms with Gasteiger partial charge in [0.1, 0.15) is 0 Å². The fourth-order valence-corrected chi connectivity index (χ4v) is 2.24. The van der Waals surface area contributed by atoms with Crippen molar-refractivity contribution in [1.29, 1.82) is 0 Å². The van der Waals surface area contributed by atoms with Crippen molar-refractivity contribution in [3.63, 3.8) is 0 Å². The minimum atomic E-state index is 0.0408. The van der Waals surface area contributed by atoms with Crippen LogP contribution in [0.15, 0.2) is 0 Å². The van der Waals surface area contributed by atoms with Crippen LogP contribution in [0.1, 0.15) is 20.3 Å². The Morgan fingerprint density at radius 3 is 2.00 bits per heavy atom. The van der Waals surface area contributed by atoms with Gasteiger partial charge in [-0.25, -0.2) is 0 Å². The molecule has 0 aromatic rings. The molecule has 0 heterocycles. The van der Waals surface area contributed by atoms with Gasteiger partial charge in [0.2, 0.25) is 0 Å². The molecule has 0 amide bonds. The van der Waals surface area contributed by atoms with E-state index in [1.54, 1.807) is 7.11 Å². The third-order valence-corrected chi connectivity index (χ3v) is 3.63. The van der Waals surface area contributed by atoms with E-state index in [-0.39, 0.29) is 5.41 Å². The van der Waals surface area contributed by atoms with Crippen molar-refractivity contribution in [2.24, 2.45) is 11.3 Å². The molecule has 0 bridgehead atoms. The second kappa shape index (κ2) is 6.06. The molecule has 0 aromatic heterocycles. The number of methoxy groups -OCH3 is 1. The van der Waals surface area contributed by atoms with Gasteiger partial charge in [-0.15, -0.1) is 23.2 Å². The summed E-state index contributed by atoms with van der Waals surface area (Å²) in [5.74, 6) is 1.72. The topological polar surface area (TPSA) is 9.23 Å². The molecule has 0 fully saturated rings. The second-order valence-electron chi connectivity index (χ2n) is 3.53. The molecule has 12 heavy (non-hydrogen) atoms. The van der Waals surface area contributed by atoms with E-state index < -0.39 is 0 Å². The minimum absolute atomic E-state index is 0.0408. The first-order chi connectivity index (χ1) is 5.63.